The Bertz CT molecular complexity index is 1150. The molecule has 0 aliphatic carbocycles. The highest BCUT2D eigenvalue weighted by Crippen LogP contribution is 2.33. The minimum Gasteiger partial charge on any atom is -0.427 e. The topological polar surface area (TPSA) is 135 Å². The number of hydrogen-bond acceptors (Lipinski definition) is 10. The van der Waals surface area contributed by atoms with Crippen LogP contribution in [0.3, 0.4) is 0 Å². The maximum atomic E-state index is 13.0. The lowest BCUT2D eigenvalue weighted by Crippen LogP contribution is -2.29. The Morgan fingerprint density at radius 2 is 1.23 bits per heavy atom. The molecule has 0 saturated carbocycles. The Kier molecular flexibility index (Phi) is 11.8. The van der Waals surface area contributed by atoms with Gasteiger partial charge in [-0.25, -0.2) is 4.79 Å². The quantitative estimate of drug-likeness (QED) is 0.167. The van der Waals surface area contributed by atoms with E-state index in [-0.39, 0.29) is 30.1 Å². The summed E-state index contributed by atoms with van der Waals surface area (Å²) in [5, 5.41) is 0. The summed E-state index contributed by atoms with van der Waals surface area (Å²) in [5.74, 6) is -2.47. The van der Waals surface area contributed by atoms with Gasteiger partial charge in [-0.05, 0) is 93.9 Å². The van der Waals surface area contributed by atoms with Crippen molar-refractivity contribution in [3.05, 3.63) is 23.8 Å². The Hall–Kier alpha value is -3.56. The average Bonchev–Trinajstić information content (AvgIpc) is 2.77. The van der Waals surface area contributed by atoms with Gasteiger partial charge < -0.3 is 18.9 Å². The Morgan fingerprint density at radius 1 is 0.725 bits per heavy atom. The van der Waals surface area contributed by atoms with Gasteiger partial charge in [-0.3, -0.25) is 24.2 Å². The Balaban J connectivity index is 3.35. The molecular weight excluding hydrogens is 518 g/mol. The summed E-state index contributed by atoms with van der Waals surface area (Å²) in [4.78, 5) is 66.1. The third-order valence-corrected chi connectivity index (χ3v) is 5.22. The lowest BCUT2D eigenvalue weighted by atomic mass is 9.97. The van der Waals surface area contributed by atoms with E-state index in [4.69, 9.17) is 18.9 Å². The van der Waals surface area contributed by atoms with Crippen molar-refractivity contribution in [3.8, 4) is 11.5 Å². The molecule has 0 saturated heterocycles. The molecule has 1 rings (SSSR count). The first-order chi connectivity index (χ1) is 18.1. The fraction of sp³-hybridized carbons (Fsp3) is 0.600. The Labute approximate surface area is 236 Å². The first kappa shape index (κ1) is 34.5. The molecule has 0 heterocycles. The SMILES string of the molecule is CC(=O)CC(C)=N[C@@H](Cc1ccc(OC(=O)C(C)(C)C)c(OC(=O)C(C)(C)C)c1)C(=O)OCOC(=O)C(C)(C)C. The highest BCUT2D eigenvalue weighted by atomic mass is 16.7. The molecule has 1 aromatic carbocycles. The maximum absolute atomic E-state index is 13.0. The van der Waals surface area contributed by atoms with Crippen LogP contribution in [0, 0.1) is 16.2 Å². The van der Waals surface area contributed by atoms with E-state index in [0.717, 1.165) is 0 Å². The van der Waals surface area contributed by atoms with Crippen LogP contribution in [0.1, 0.15) is 88.1 Å². The molecule has 0 N–H and O–H groups in total. The first-order valence-electron chi connectivity index (χ1n) is 13.1. The number of esters is 4. The third-order valence-electron chi connectivity index (χ3n) is 5.22. The minimum atomic E-state index is -1.10. The fourth-order valence-electron chi connectivity index (χ4n) is 2.88. The number of Topliss-reactive ketones (excluding diaryl/α,β-unsaturated/α-hetero) is 1. The van der Waals surface area contributed by atoms with Crippen LogP contribution in [0.25, 0.3) is 0 Å². The monoisotopic (exact) mass is 561 g/mol. The second kappa shape index (κ2) is 13.7. The van der Waals surface area contributed by atoms with E-state index in [1.807, 2.05) is 0 Å². The van der Waals surface area contributed by atoms with Gasteiger partial charge in [0, 0.05) is 18.6 Å². The molecule has 0 fully saturated rings. The molecule has 0 spiro atoms. The molecule has 1 atom stereocenters. The van der Waals surface area contributed by atoms with Gasteiger partial charge in [0.25, 0.3) is 0 Å². The zero-order valence-electron chi connectivity index (χ0n) is 25.6. The molecule has 10 heteroatoms. The molecule has 0 bridgehead atoms. The molecule has 222 valence electrons. The number of carbonyl (C=O) groups is 5. The molecule has 0 aliphatic rings. The van der Waals surface area contributed by atoms with Crippen molar-refractivity contribution in [2.24, 2.45) is 21.2 Å². The van der Waals surface area contributed by atoms with Crippen molar-refractivity contribution >= 4 is 35.4 Å². The minimum absolute atomic E-state index is 0.00510. The second-order valence-electron chi connectivity index (χ2n) is 12.8. The van der Waals surface area contributed by atoms with Crippen molar-refractivity contribution in [1.29, 1.82) is 0 Å². The molecule has 0 aliphatic heterocycles. The van der Waals surface area contributed by atoms with Crippen LogP contribution in [0.5, 0.6) is 11.5 Å². The van der Waals surface area contributed by atoms with Crippen molar-refractivity contribution in [2.45, 2.75) is 95.0 Å². The van der Waals surface area contributed by atoms with Crippen molar-refractivity contribution in [2.75, 3.05) is 6.79 Å². The fourth-order valence-corrected chi connectivity index (χ4v) is 2.88. The summed E-state index contributed by atoms with van der Waals surface area (Å²) >= 11 is 0. The highest BCUT2D eigenvalue weighted by Gasteiger charge is 2.29. The van der Waals surface area contributed by atoms with Gasteiger partial charge in [0.15, 0.2) is 17.5 Å². The third kappa shape index (κ3) is 11.7. The molecule has 40 heavy (non-hydrogen) atoms. The number of nitrogens with zero attached hydrogens (tertiary/aromatic N) is 1. The van der Waals surface area contributed by atoms with E-state index in [1.165, 1.54) is 19.1 Å². The Morgan fingerprint density at radius 3 is 1.70 bits per heavy atom. The van der Waals surface area contributed by atoms with Gasteiger partial charge in [-0.2, -0.15) is 0 Å². The van der Waals surface area contributed by atoms with Crippen molar-refractivity contribution < 1.29 is 42.9 Å². The molecule has 0 unspecified atom stereocenters. The first-order valence-corrected chi connectivity index (χ1v) is 13.1. The summed E-state index contributed by atoms with van der Waals surface area (Å²) in [6.45, 7) is 17.6. The number of carbonyl (C=O) groups excluding carboxylic acids is 5. The van der Waals surface area contributed by atoms with Gasteiger partial charge in [-0.15, -0.1) is 0 Å². The van der Waals surface area contributed by atoms with E-state index < -0.39 is 53.0 Å². The summed E-state index contributed by atoms with van der Waals surface area (Å²) in [7, 11) is 0. The van der Waals surface area contributed by atoms with E-state index in [1.54, 1.807) is 75.3 Å². The van der Waals surface area contributed by atoms with Crippen LogP contribution >= 0.6 is 0 Å². The number of rotatable bonds is 10. The number of benzene rings is 1. The van der Waals surface area contributed by atoms with E-state index in [9.17, 15) is 24.0 Å². The lowest BCUT2D eigenvalue weighted by molar-refractivity contribution is -0.173. The molecule has 1 aromatic rings. The van der Waals surface area contributed by atoms with E-state index >= 15 is 0 Å². The van der Waals surface area contributed by atoms with Gasteiger partial charge in [0.05, 0.1) is 16.2 Å². The summed E-state index contributed by atoms with van der Waals surface area (Å²) in [6.07, 6.45) is 0.0355. The van der Waals surface area contributed by atoms with Crippen LogP contribution in [0.4, 0.5) is 0 Å². The molecule has 0 aromatic heterocycles. The molecular formula is C30H43NO9. The van der Waals surface area contributed by atoms with Crippen LogP contribution in [0.2, 0.25) is 0 Å². The normalized spacial score (nSPS) is 13.2. The van der Waals surface area contributed by atoms with Gasteiger partial charge >= 0.3 is 23.9 Å². The van der Waals surface area contributed by atoms with Crippen LogP contribution in [0.15, 0.2) is 23.2 Å². The zero-order valence-corrected chi connectivity index (χ0v) is 25.6. The predicted molar refractivity (Wildman–Crippen MR) is 149 cm³/mol. The number of aliphatic imine (C=N–C) groups is 1. The zero-order chi connectivity index (χ0) is 31.1. The van der Waals surface area contributed by atoms with Gasteiger partial charge in [-0.1, -0.05) is 6.07 Å². The van der Waals surface area contributed by atoms with Crippen molar-refractivity contribution in [1.82, 2.24) is 0 Å². The molecule has 0 amide bonds. The molecule has 0 radical (unpaired) electrons. The summed E-state index contributed by atoms with van der Waals surface area (Å²) in [5.41, 5.74) is -1.50. The van der Waals surface area contributed by atoms with E-state index in [2.05, 4.69) is 4.99 Å². The van der Waals surface area contributed by atoms with Gasteiger partial charge in [0.1, 0.15) is 5.78 Å². The van der Waals surface area contributed by atoms with Crippen LogP contribution in [-0.4, -0.2) is 48.2 Å². The predicted octanol–water partition coefficient (Wildman–Crippen LogP) is 5.03. The van der Waals surface area contributed by atoms with Crippen LogP contribution < -0.4 is 9.47 Å². The second-order valence-corrected chi connectivity index (χ2v) is 12.8. The standard InChI is InChI=1S/C30H43NO9/c1-18(14-19(2)32)31-21(24(33)37-17-38-25(34)28(3,4)5)15-20-12-13-22(39-26(35)29(6,7)8)23(16-20)40-27(36)30(9,10)11/h12-13,16,21H,14-15,17H2,1-11H3/t21-/m0/s1. The number of ketones is 1. The number of hydrogen-bond donors (Lipinski definition) is 0. The summed E-state index contributed by atoms with van der Waals surface area (Å²) < 4.78 is 21.3. The maximum Gasteiger partial charge on any atom is 0.334 e. The van der Waals surface area contributed by atoms with Crippen molar-refractivity contribution in [3.63, 3.8) is 0 Å². The molecule has 10 nitrogen and oxygen atoms in total. The highest BCUT2D eigenvalue weighted by molar-refractivity contribution is 6.00. The largest absolute Gasteiger partial charge is 0.427 e. The lowest BCUT2D eigenvalue weighted by Gasteiger charge is -2.21. The summed E-state index contributed by atoms with van der Waals surface area (Å²) in [6, 6.07) is 3.48. The van der Waals surface area contributed by atoms with Gasteiger partial charge in [0.2, 0.25) is 6.79 Å². The average molecular weight is 562 g/mol. The number of ether oxygens (including phenoxy) is 4. The van der Waals surface area contributed by atoms with E-state index in [0.29, 0.717) is 11.3 Å². The smallest absolute Gasteiger partial charge is 0.334 e. The van der Waals surface area contributed by atoms with Crippen LogP contribution in [-0.2, 0) is 39.9 Å².